The number of carbonyl (C=O) groups is 3. The molecule has 2 amide bonds. The molecule has 6 nitrogen and oxygen atoms in total. The van der Waals surface area contributed by atoms with E-state index >= 15 is 0 Å². The van der Waals surface area contributed by atoms with Crippen LogP contribution in [0, 0.1) is 11.8 Å². The normalized spacial score (nSPS) is 24.1. The van der Waals surface area contributed by atoms with Gasteiger partial charge >= 0.3 is 12.1 Å². The summed E-state index contributed by atoms with van der Waals surface area (Å²) in [5.74, 6) is -5.03. The maximum absolute atomic E-state index is 12.5. The molecule has 0 saturated heterocycles. The Morgan fingerprint density at radius 1 is 1.19 bits per heavy atom. The van der Waals surface area contributed by atoms with Gasteiger partial charge in [0, 0.05) is 5.92 Å². The van der Waals surface area contributed by atoms with Crippen molar-refractivity contribution >= 4 is 17.8 Å². The summed E-state index contributed by atoms with van der Waals surface area (Å²) < 4.78 is 37.5. The van der Waals surface area contributed by atoms with Crippen LogP contribution in [0.15, 0.2) is 0 Å². The van der Waals surface area contributed by atoms with E-state index in [-0.39, 0.29) is 25.7 Å². The number of aliphatic carboxylic acids is 1. The summed E-state index contributed by atoms with van der Waals surface area (Å²) in [5.41, 5.74) is 4.87. The first kappa shape index (κ1) is 17.3. The molecular formula is C12H17F3N2O4. The number of hydrogen-bond acceptors (Lipinski definition) is 3. The van der Waals surface area contributed by atoms with E-state index in [1.54, 1.807) is 0 Å². The van der Waals surface area contributed by atoms with Gasteiger partial charge in [0.2, 0.25) is 11.8 Å². The summed E-state index contributed by atoms with van der Waals surface area (Å²) in [5, 5.41) is 11.0. The summed E-state index contributed by atoms with van der Waals surface area (Å²) in [6.45, 7) is 0. The molecule has 21 heavy (non-hydrogen) atoms. The number of carboxylic acids is 1. The summed E-state index contributed by atoms with van der Waals surface area (Å²) in [7, 11) is 0. The molecule has 0 unspecified atom stereocenters. The highest BCUT2D eigenvalue weighted by molar-refractivity contribution is 5.88. The Bertz CT molecular complexity index is 417. The number of nitrogens with two attached hydrogens (primary N) is 1. The van der Waals surface area contributed by atoms with Crippen molar-refractivity contribution in [1.29, 1.82) is 0 Å². The van der Waals surface area contributed by atoms with Crippen LogP contribution in [0.5, 0.6) is 0 Å². The largest absolute Gasteiger partial charge is 0.480 e. The highest BCUT2D eigenvalue weighted by Gasteiger charge is 2.42. The number of primary amides is 1. The number of rotatable bonds is 5. The van der Waals surface area contributed by atoms with Crippen LogP contribution in [-0.2, 0) is 14.4 Å². The van der Waals surface area contributed by atoms with E-state index in [0.717, 1.165) is 0 Å². The van der Waals surface area contributed by atoms with Crippen molar-refractivity contribution in [3.05, 3.63) is 0 Å². The van der Waals surface area contributed by atoms with Crippen LogP contribution >= 0.6 is 0 Å². The first-order valence-electron chi connectivity index (χ1n) is 6.49. The van der Waals surface area contributed by atoms with Crippen molar-refractivity contribution in [3.63, 3.8) is 0 Å². The second-order valence-electron chi connectivity index (χ2n) is 5.16. The lowest BCUT2D eigenvalue weighted by molar-refractivity contribution is -0.184. The quantitative estimate of drug-likeness (QED) is 0.697. The number of carboxylic acid groups (broad SMARTS) is 1. The molecule has 0 aromatic heterocycles. The van der Waals surface area contributed by atoms with Crippen LogP contribution in [0.1, 0.15) is 32.1 Å². The summed E-state index contributed by atoms with van der Waals surface area (Å²) in [4.78, 5) is 33.4. The predicted molar refractivity (Wildman–Crippen MR) is 64.9 cm³/mol. The van der Waals surface area contributed by atoms with Crippen molar-refractivity contribution in [2.75, 3.05) is 0 Å². The van der Waals surface area contributed by atoms with Gasteiger partial charge in [-0.15, -0.1) is 0 Å². The van der Waals surface area contributed by atoms with Gasteiger partial charge in [-0.25, -0.2) is 4.79 Å². The predicted octanol–water partition coefficient (Wildman–Crippen LogP) is 0.800. The molecule has 0 heterocycles. The average molecular weight is 310 g/mol. The molecule has 9 heteroatoms. The molecule has 0 spiro atoms. The number of nitrogens with one attached hydrogen (secondary N) is 1. The molecule has 0 aromatic rings. The minimum absolute atomic E-state index is 0.0406. The molecule has 1 atom stereocenters. The Morgan fingerprint density at radius 3 is 2.10 bits per heavy atom. The van der Waals surface area contributed by atoms with Gasteiger partial charge in [-0.05, 0) is 25.7 Å². The van der Waals surface area contributed by atoms with E-state index in [4.69, 9.17) is 10.8 Å². The van der Waals surface area contributed by atoms with Crippen LogP contribution in [0.2, 0.25) is 0 Å². The molecule has 1 saturated carbocycles. The fraction of sp³-hybridized carbons (Fsp3) is 0.750. The zero-order chi connectivity index (χ0) is 16.2. The molecule has 0 bridgehead atoms. The summed E-state index contributed by atoms with van der Waals surface area (Å²) in [6, 6.07) is -1.45. The lowest BCUT2D eigenvalue weighted by Crippen LogP contribution is -2.46. The molecule has 0 aromatic carbocycles. The van der Waals surface area contributed by atoms with Crippen molar-refractivity contribution in [2.45, 2.75) is 44.3 Å². The zero-order valence-corrected chi connectivity index (χ0v) is 11.2. The molecule has 0 radical (unpaired) electrons. The molecule has 0 aliphatic heterocycles. The fourth-order valence-corrected chi connectivity index (χ4v) is 2.37. The first-order valence-corrected chi connectivity index (χ1v) is 6.49. The van der Waals surface area contributed by atoms with Crippen molar-refractivity contribution in [3.8, 4) is 0 Å². The van der Waals surface area contributed by atoms with Crippen LogP contribution in [0.25, 0.3) is 0 Å². The van der Waals surface area contributed by atoms with Crippen molar-refractivity contribution in [2.24, 2.45) is 17.6 Å². The van der Waals surface area contributed by atoms with Gasteiger partial charge in [-0.3, -0.25) is 9.59 Å². The van der Waals surface area contributed by atoms with Crippen LogP contribution in [0.3, 0.4) is 0 Å². The van der Waals surface area contributed by atoms with E-state index in [0.29, 0.717) is 0 Å². The van der Waals surface area contributed by atoms with Gasteiger partial charge in [0.25, 0.3) is 0 Å². The lowest BCUT2D eigenvalue weighted by atomic mass is 9.81. The Labute approximate surface area is 118 Å². The van der Waals surface area contributed by atoms with Gasteiger partial charge in [0.05, 0.1) is 12.3 Å². The highest BCUT2D eigenvalue weighted by atomic mass is 19.4. The second kappa shape index (κ2) is 6.77. The van der Waals surface area contributed by atoms with Gasteiger partial charge in [0.15, 0.2) is 0 Å². The third kappa shape index (κ3) is 5.24. The Balaban J connectivity index is 2.53. The molecule has 120 valence electrons. The van der Waals surface area contributed by atoms with Crippen LogP contribution in [0.4, 0.5) is 13.2 Å². The molecule has 1 aliphatic rings. The van der Waals surface area contributed by atoms with E-state index in [1.807, 2.05) is 0 Å². The molecule has 1 fully saturated rings. The van der Waals surface area contributed by atoms with Crippen LogP contribution in [-0.4, -0.2) is 35.1 Å². The Hall–Kier alpha value is -1.80. The molecule has 1 rings (SSSR count). The number of amides is 2. The lowest BCUT2D eigenvalue weighted by Gasteiger charge is -2.29. The van der Waals surface area contributed by atoms with Gasteiger partial charge in [0.1, 0.15) is 6.04 Å². The van der Waals surface area contributed by atoms with Gasteiger partial charge in [-0.1, -0.05) is 0 Å². The second-order valence-corrected chi connectivity index (χ2v) is 5.16. The highest BCUT2D eigenvalue weighted by Crippen LogP contribution is 2.39. The smallest absolute Gasteiger partial charge is 0.391 e. The van der Waals surface area contributed by atoms with Crippen molar-refractivity contribution < 1.29 is 32.7 Å². The summed E-state index contributed by atoms with van der Waals surface area (Å²) in [6.07, 6.45) is -5.06. The maximum Gasteiger partial charge on any atom is 0.391 e. The Morgan fingerprint density at radius 2 is 1.71 bits per heavy atom. The summed E-state index contributed by atoms with van der Waals surface area (Å²) >= 11 is 0. The van der Waals surface area contributed by atoms with E-state index in [1.165, 1.54) is 0 Å². The number of halogens is 3. The van der Waals surface area contributed by atoms with Gasteiger partial charge < -0.3 is 16.2 Å². The molecule has 4 N–H and O–H groups in total. The fourth-order valence-electron chi connectivity index (χ4n) is 2.37. The van der Waals surface area contributed by atoms with E-state index in [2.05, 4.69) is 5.32 Å². The third-order valence-corrected chi connectivity index (χ3v) is 3.58. The zero-order valence-electron chi connectivity index (χ0n) is 11.2. The van der Waals surface area contributed by atoms with E-state index < -0.39 is 48.3 Å². The van der Waals surface area contributed by atoms with E-state index in [9.17, 15) is 27.6 Å². The third-order valence-electron chi connectivity index (χ3n) is 3.58. The maximum atomic E-state index is 12.5. The molecule has 1 aliphatic carbocycles. The number of alkyl halides is 3. The van der Waals surface area contributed by atoms with Crippen LogP contribution < -0.4 is 11.1 Å². The number of carbonyl (C=O) groups excluding carboxylic acids is 2. The Kier molecular flexibility index (Phi) is 5.56. The first-order chi connectivity index (χ1) is 9.61. The average Bonchev–Trinajstić information content (AvgIpc) is 2.36. The standard InChI is InChI=1S/C12H17F3N2O4/c13-12(14,15)7-3-1-6(2-4-7)10(19)17-8(11(20)21)5-9(16)18/h6-8H,1-5H2,(H2,16,18)(H,17,19)(H,20,21)/t6?,7?,8-/m0/s1. The SMILES string of the molecule is NC(=O)C[C@H](NC(=O)C1CCC(C(F)(F)F)CC1)C(=O)O. The minimum Gasteiger partial charge on any atom is -0.480 e. The topological polar surface area (TPSA) is 109 Å². The van der Waals surface area contributed by atoms with Crippen molar-refractivity contribution in [1.82, 2.24) is 5.32 Å². The molecular weight excluding hydrogens is 293 g/mol. The van der Waals surface area contributed by atoms with Gasteiger partial charge in [-0.2, -0.15) is 13.2 Å². The number of hydrogen-bond donors (Lipinski definition) is 3. The minimum atomic E-state index is -4.27. The monoisotopic (exact) mass is 310 g/mol.